The van der Waals surface area contributed by atoms with E-state index in [-0.39, 0.29) is 5.16 Å². The molecule has 0 unspecified atom stereocenters. The molecule has 0 saturated carbocycles. The fourth-order valence-electron chi connectivity index (χ4n) is 3.57. The Kier molecular flexibility index (Phi) is 7.65. The normalized spacial score (nSPS) is 15.2. The van der Waals surface area contributed by atoms with Gasteiger partial charge in [0, 0.05) is 34.2 Å². The van der Waals surface area contributed by atoms with E-state index in [1.807, 2.05) is 77.7 Å². The summed E-state index contributed by atoms with van der Waals surface area (Å²) < 4.78 is 0. The predicted molar refractivity (Wildman–Crippen MR) is 155 cm³/mol. The van der Waals surface area contributed by atoms with Crippen LogP contribution < -0.4 is 4.90 Å². The van der Waals surface area contributed by atoms with Gasteiger partial charge in [0.15, 0.2) is 5.17 Å². The molecule has 1 aliphatic heterocycles. The number of thioether (sulfide) groups is 1. The van der Waals surface area contributed by atoms with Gasteiger partial charge in [-0.3, -0.25) is 9.88 Å². The van der Waals surface area contributed by atoms with Crippen molar-refractivity contribution in [2.24, 2.45) is 9.98 Å². The van der Waals surface area contributed by atoms with Crippen LogP contribution in [0.4, 0.5) is 11.4 Å². The molecular formula is C27H16Cl4N4S. The van der Waals surface area contributed by atoms with Crippen LogP contribution in [0, 0.1) is 0 Å². The Balaban J connectivity index is 1.80. The Hall–Kier alpha value is -2.80. The molecule has 1 aromatic heterocycles. The number of halogens is 4. The van der Waals surface area contributed by atoms with Gasteiger partial charge in [0.05, 0.1) is 20.6 Å². The molecule has 0 amide bonds. The van der Waals surface area contributed by atoms with Crippen LogP contribution in [-0.4, -0.2) is 16.0 Å². The molecule has 3 aromatic carbocycles. The second-order valence-electron chi connectivity index (χ2n) is 7.54. The number of rotatable bonds is 4. The van der Waals surface area contributed by atoms with Crippen molar-refractivity contribution in [3.05, 3.63) is 129 Å². The summed E-state index contributed by atoms with van der Waals surface area (Å²) in [6.45, 7) is 0. The second kappa shape index (κ2) is 11.1. The van der Waals surface area contributed by atoms with Gasteiger partial charge >= 0.3 is 0 Å². The van der Waals surface area contributed by atoms with E-state index in [1.165, 1.54) is 11.8 Å². The van der Waals surface area contributed by atoms with Crippen molar-refractivity contribution >= 4 is 85.4 Å². The van der Waals surface area contributed by atoms with Crippen molar-refractivity contribution in [1.29, 1.82) is 0 Å². The minimum atomic E-state index is 0.220. The summed E-state index contributed by atoms with van der Waals surface area (Å²) in [5, 5.41) is 1.98. The van der Waals surface area contributed by atoms with Crippen LogP contribution in [0.3, 0.4) is 0 Å². The van der Waals surface area contributed by atoms with Gasteiger partial charge < -0.3 is 0 Å². The molecule has 9 heteroatoms. The van der Waals surface area contributed by atoms with Gasteiger partial charge in [-0.05, 0) is 60.3 Å². The van der Waals surface area contributed by atoms with E-state index in [0.29, 0.717) is 36.5 Å². The summed E-state index contributed by atoms with van der Waals surface area (Å²) in [7, 11) is 0. The summed E-state index contributed by atoms with van der Waals surface area (Å²) in [5.41, 5.74) is 2.96. The first-order valence-electron chi connectivity index (χ1n) is 10.7. The molecule has 0 spiro atoms. The minimum Gasteiger partial charge on any atom is -0.273 e. The van der Waals surface area contributed by atoms with Gasteiger partial charge in [-0.15, -0.1) is 0 Å². The van der Waals surface area contributed by atoms with E-state index < -0.39 is 0 Å². The molecule has 1 aliphatic rings. The minimum absolute atomic E-state index is 0.220. The third-order valence-electron chi connectivity index (χ3n) is 5.16. The monoisotopic (exact) mass is 568 g/mol. The van der Waals surface area contributed by atoms with Gasteiger partial charge in [-0.25, -0.2) is 9.98 Å². The van der Waals surface area contributed by atoms with Crippen LogP contribution >= 0.6 is 58.2 Å². The van der Waals surface area contributed by atoms with Crippen molar-refractivity contribution in [3.8, 4) is 0 Å². The van der Waals surface area contributed by atoms with Crippen molar-refractivity contribution in [1.82, 2.24) is 4.98 Å². The summed E-state index contributed by atoms with van der Waals surface area (Å²) in [6, 6.07) is 26.5. The molecule has 36 heavy (non-hydrogen) atoms. The van der Waals surface area contributed by atoms with Gasteiger partial charge in [-0.1, -0.05) is 82.8 Å². The lowest BCUT2D eigenvalue weighted by Gasteiger charge is -2.26. The number of anilines is 1. The Morgan fingerprint density at radius 2 is 1.36 bits per heavy atom. The van der Waals surface area contributed by atoms with E-state index in [4.69, 9.17) is 56.4 Å². The maximum atomic E-state index is 6.89. The van der Waals surface area contributed by atoms with Gasteiger partial charge in [0.25, 0.3) is 0 Å². The molecule has 0 bridgehead atoms. The SMILES string of the molecule is ClC1=C(c2c(Cl)cc(Cl)cc2Cl)SC(=Nc2ccccc2)N(c2ccccc2)C(c2ccncc2)=N1. The van der Waals surface area contributed by atoms with Gasteiger partial charge in [0.1, 0.15) is 11.0 Å². The zero-order valence-electron chi connectivity index (χ0n) is 18.4. The Labute approximate surface area is 232 Å². The molecule has 4 aromatic rings. The molecule has 0 saturated heterocycles. The van der Waals surface area contributed by atoms with Crippen LogP contribution in [0.5, 0.6) is 0 Å². The Morgan fingerprint density at radius 3 is 2.00 bits per heavy atom. The maximum absolute atomic E-state index is 6.89. The standard InChI is InChI=1S/C27H16Cl4N4S/c28-18-15-21(29)23(22(30)16-18)24-25(31)34-26(17-11-13-32-14-12-17)35(20-9-5-2-6-10-20)27(36-24)33-19-7-3-1-4-8-19/h1-16H. The summed E-state index contributed by atoms with van der Waals surface area (Å²) >= 11 is 27.6. The number of hydrogen-bond acceptors (Lipinski definition) is 4. The van der Waals surface area contributed by atoms with E-state index in [9.17, 15) is 0 Å². The highest BCUT2D eigenvalue weighted by molar-refractivity contribution is 8.22. The molecular weight excluding hydrogens is 554 g/mol. The molecule has 0 N–H and O–H groups in total. The first-order valence-corrected chi connectivity index (χ1v) is 13.0. The number of amidine groups is 2. The van der Waals surface area contributed by atoms with Crippen molar-refractivity contribution < 1.29 is 0 Å². The number of para-hydroxylation sites is 2. The van der Waals surface area contributed by atoms with Crippen LogP contribution in [-0.2, 0) is 0 Å². The zero-order chi connectivity index (χ0) is 25.1. The van der Waals surface area contributed by atoms with Crippen LogP contribution in [0.25, 0.3) is 4.91 Å². The fraction of sp³-hybridized carbons (Fsp3) is 0. The quantitative estimate of drug-likeness (QED) is 0.230. The number of hydrogen-bond donors (Lipinski definition) is 0. The largest absolute Gasteiger partial charge is 0.273 e. The first-order chi connectivity index (χ1) is 17.5. The lowest BCUT2D eigenvalue weighted by molar-refractivity contribution is 1.30. The number of nitrogens with zero attached hydrogens (tertiary/aromatic N) is 4. The molecule has 4 nitrogen and oxygen atoms in total. The van der Waals surface area contributed by atoms with Crippen molar-refractivity contribution in [2.75, 3.05) is 4.90 Å². The molecule has 178 valence electrons. The second-order valence-corrected chi connectivity index (χ2v) is 10.1. The molecule has 0 aliphatic carbocycles. The first kappa shape index (κ1) is 24.9. The molecule has 0 atom stereocenters. The lowest BCUT2D eigenvalue weighted by Crippen LogP contribution is -2.35. The average Bonchev–Trinajstić information content (AvgIpc) is 3.02. The highest BCUT2D eigenvalue weighted by Crippen LogP contribution is 2.46. The zero-order valence-corrected chi connectivity index (χ0v) is 22.3. The van der Waals surface area contributed by atoms with E-state index in [2.05, 4.69) is 4.98 Å². The van der Waals surface area contributed by atoms with E-state index >= 15 is 0 Å². The van der Waals surface area contributed by atoms with Crippen molar-refractivity contribution in [3.63, 3.8) is 0 Å². The van der Waals surface area contributed by atoms with Crippen LogP contribution in [0.2, 0.25) is 15.1 Å². The number of pyridine rings is 1. The topological polar surface area (TPSA) is 40.9 Å². The third kappa shape index (κ3) is 5.31. The maximum Gasteiger partial charge on any atom is 0.179 e. The smallest absolute Gasteiger partial charge is 0.179 e. The highest BCUT2D eigenvalue weighted by Gasteiger charge is 2.30. The van der Waals surface area contributed by atoms with Crippen molar-refractivity contribution in [2.45, 2.75) is 0 Å². The van der Waals surface area contributed by atoms with Crippen LogP contribution in [0.15, 0.2) is 112 Å². The summed E-state index contributed by atoms with van der Waals surface area (Å²) in [4.78, 5) is 16.5. The highest BCUT2D eigenvalue weighted by atomic mass is 35.5. The summed E-state index contributed by atoms with van der Waals surface area (Å²) in [5.74, 6) is 0.576. The molecule has 0 radical (unpaired) electrons. The van der Waals surface area contributed by atoms with Gasteiger partial charge in [0.2, 0.25) is 0 Å². The van der Waals surface area contributed by atoms with Crippen LogP contribution in [0.1, 0.15) is 11.1 Å². The Morgan fingerprint density at radius 1 is 0.750 bits per heavy atom. The number of aromatic nitrogens is 1. The average molecular weight is 570 g/mol. The fourth-order valence-corrected chi connectivity index (χ4v) is 6.04. The van der Waals surface area contributed by atoms with E-state index in [1.54, 1.807) is 24.5 Å². The Bertz CT molecular complexity index is 1470. The molecule has 2 heterocycles. The summed E-state index contributed by atoms with van der Waals surface area (Å²) in [6.07, 6.45) is 3.41. The van der Waals surface area contributed by atoms with E-state index in [0.717, 1.165) is 16.9 Å². The number of aliphatic imine (C=N–C) groups is 2. The molecule has 0 fully saturated rings. The predicted octanol–water partition coefficient (Wildman–Crippen LogP) is 9.29. The molecule has 5 rings (SSSR count). The lowest BCUT2D eigenvalue weighted by atomic mass is 10.2. The van der Waals surface area contributed by atoms with Gasteiger partial charge in [-0.2, -0.15) is 0 Å². The third-order valence-corrected chi connectivity index (χ3v) is 7.41. The number of benzene rings is 3.